The highest BCUT2D eigenvalue weighted by atomic mass is 16.2. The normalized spacial score (nSPS) is 19.4. The molecule has 39 heavy (non-hydrogen) atoms. The zero-order valence-electron chi connectivity index (χ0n) is 22.9. The van der Waals surface area contributed by atoms with Gasteiger partial charge in [-0.1, -0.05) is 87.0 Å². The molecule has 2 aliphatic heterocycles. The average Bonchev–Trinajstić information content (AvgIpc) is 3.49. The number of hydrogen-bond donors (Lipinski definition) is 1. The highest BCUT2D eigenvalue weighted by Gasteiger charge is 2.48. The molecule has 0 bridgehead atoms. The van der Waals surface area contributed by atoms with Crippen molar-refractivity contribution in [3.05, 3.63) is 95.6 Å². The number of aromatic nitrogens is 1. The molecule has 0 aliphatic carbocycles. The molecule has 3 unspecified atom stereocenters. The van der Waals surface area contributed by atoms with Crippen LogP contribution >= 0.6 is 0 Å². The smallest absolute Gasteiger partial charge is 0.255 e. The molecule has 0 spiro atoms. The van der Waals surface area contributed by atoms with Crippen LogP contribution in [0.1, 0.15) is 47.8 Å². The van der Waals surface area contributed by atoms with Crippen LogP contribution in [0.2, 0.25) is 0 Å². The third kappa shape index (κ3) is 4.33. The monoisotopic (exact) mass is 520 g/mol. The van der Waals surface area contributed by atoms with Gasteiger partial charge in [-0.2, -0.15) is 0 Å². The van der Waals surface area contributed by atoms with Gasteiger partial charge in [-0.25, -0.2) is 0 Å². The van der Waals surface area contributed by atoms with Crippen LogP contribution in [0.4, 0.5) is 0 Å². The summed E-state index contributed by atoms with van der Waals surface area (Å²) in [6.45, 7) is 7.28. The van der Waals surface area contributed by atoms with Gasteiger partial charge in [0.15, 0.2) is 0 Å². The molecule has 0 saturated carbocycles. The Bertz CT molecular complexity index is 1500. The molecular weight excluding hydrogens is 484 g/mol. The first-order valence-electron chi connectivity index (χ1n) is 14.0. The minimum atomic E-state index is -0.555. The molecule has 6 rings (SSSR count). The molecule has 3 heterocycles. The Morgan fingerprint density at radius 3 is 2.33 bits per heavy atom. The Kier molecular flexibility index (Phi) is 6.73. The second-order valence-corrected chi connectivity index (χ2v) is 11.0. The van der Waals surface area contributed by atoms with E-state index in [2.05, 4.69) is 61.1 Å². The summed E-state index contributed by atoms with van der Waals surface area (Å²) in [7, 11) is 2.09. The van der Waals surface area contributed by atoms with E-state index in [1.54, 1.807) is 0 Å². The molecule has 1 aromatic heterocycles. The van der Waals surface area contributed by atoms with E-state index in [1.807, 2.05) is 58.3 Å². The number of nitrogens with zero attached hydrogens (tertiary/aromatic N) is 3. The van der Waals surface area contributed by atoms with Gasteiger partial charge < -0.3 is 19.7 Å². The molecule has 2 aliphatic rings. The highest BCUT2D eigenvalue weighted by molar-refractivity contribution is 6.04. The van der Waals surface area contributed by atoms with Crippen molar-refractivity contribution in [2.75, 3.05) is 33.2 Å². The largest absolute Gasteiger partial charge is 0.354 e. The summed E-state index contributed by atoms with van der Waals surface area (Å²) in [6, 6.07) is 25.5. The van der Waals surface area contributed by atoms with E-state index < -0.39 is 6.04 Å². The van der Waals surface area contributed by atoms with E-state index in [9.17, 15) is 9.59 Å². The first kappa shape index (κ1) is 25.4. The third-order valence-corrected chi connectivity index (χ3v) is 8.63. The van der Waals surface area contributed by atoms with Crippen molar-refractivity contribution in [1.29, 1.82) is 0 Å². The first-order chi connectivity index (χ1) is 19.0. The maximum atomic E-state index is 14.3. The maximum Gasteiger partial charge on any atom is 0.255 e. The number of rotatable bonds is 6. The lowest BCUT2D eigenvalue weighted by Gasteiger charge is -2.41. The number of hydrogen-bond acceptors (Lipinski definition) is 3. The Morgan fingerprint density at radius 2 is 1.59 bits per heavy atom. The standard InChI is InChI=1S/C33H36N4O2/c1-4-22(2)30(33(39)36-20-18-35(3)19-21-36)37-31(24-14-8-9-15-25(24)32(37)38)28-26-16-10-11-17-27(26)34-29(28)23-12-6-5-7-13-23/h5-17,22,30-31,34H,4,18-21H2,1-3H3. The molecular formula is C33H36N4O2. The van der Waals surface area contributed by atoms with Gasteiger partial charge in [0.1, 0.15) is 6.04 Å². The van der Waals surface area contributed by atoms with Crippen LogP contribution in [-0.4, -0.2) is 70.8 Å². The molecule has 0 radical (unpaired) electrons. The number of aromatic amines is 1. The molecule has 3 atom stereocenters. The Morgan fingerprint density at radius 1 is 0.923 bits per heavy atom. The fourth-order valence-electron chi connectivity index (χ4n) is 6.27. The van der Waals surface area contributed by atoms with Gasteiger partial charge in [-0.05, 0) is 36.2 Å². The number of benzene rings is 3. The molecule has 200 valence electrons. The van der Waals surface area contributed by atoms with Crippen LogP contribution in [0, 0.1) is 5.92 Å². The summed E-state index contributed by atoms with van der Waals surface area (Å²) in [5, 5.41) is 1.07. The lowest BCUT2D eigenvalue weighted by Crippen LogP contribution is -2.57. The zero-order chi connectivity index (χ0) is 27.1. The van der Waals surface area contributed by atoms with Crippen LogP contribution in [0.15, 0.2) is 78.9 Å². The fraction of sp³-hybridized carbons (Fsp3) is 0.333. The number of H-pyrrole nitrogens is 1. The van der Waals surface area contributed by atoms with Crippen molar-refractivity contribution >= 4 is 22.7 Å². The number of piperazine rings is 1. The van der Waals surface area contributed by atoms with E-state index in [-0.39, 0.29) is 23.8 Å². The topological polar surface area (TPSA) is 59.7 Å². The summed E-state index contributed by atoms with van der Waals surface area (Å²) in [6.07, 6.45) is 0.802. The third-order valence-electron chi connectivity index (χ3n) is 8.63. The minimum absolute atomic E-state index is 0.00306. The molecule has 1 saturated heterocycles. The number of carbonyl (C=O) groups excluding carboxylic acids is 2. The summed E-state index contributed by atoms with van der Waals surface area (Å²) in [4.78, 5) is 38.5. The minimum Gasteiger partial charge on any atom is -0.354 e. The highest BCUT2D eigenvalue weighted by Crippen LogP contribution is 2.47. The maximum absolute atomic E-state index is 14.3. The first-order valence-corrected chi connectivity index (χ1v) is 14.0. The zero-order valence-corrected chi connectivity index (χ0v) is 22.9. The van der Waals surface area contributed by atoms with Gasteiger partial charge in [-0.15, -0.1) is 0 Å². The van der Waals surface area contributed by atoms with Crippen LogP contribution in [0.3, 0.4) is 0 Å². The molecule has 1 fully saturated rings. The lowest BCUT2D eigenvalue weighted by molar-refractivity contribution is -0.140. The average molecular weight is 521 g/mol. The molecule has 6 heteroatoms. The van der Waals surface area contributed by atoms with E-state index >= 15 is 0 Å². The number of carbonyl (C=O) groups is 2. The van der Waals surface area contributed by atoms with Crippen molar-refractivity contribution in [1.82, 2.24) is 19.7 Å². The SMILES string of the molecule is CCC(C)C(C(=O)N1CCN(C)CC1)N1C(=O)c2ccccc2C1c1c(-c2ccccc2)[nH]c2ccccc12. The van der Waals surface area contributed by atoms with Crippen molar-refractivity contribution in [2.45, 2.75) is 32.4 Å². The Hall–Kier alpha value is -3.90. The second-order valence-electron chi connectivity index (χ2n) is 11.0. The molecule has 6 nitrogen and oxygen atoms in total. The van der Waals surface area contributed by atoms with Crippen molar-refractivity contribution in [3.8, 4) is 11.3 Å². The van der Waals surface area contributed by atoms with Gasteiger partial charge in [0, 0.05) is 48.2 Å². The fourth-order valence-corrected chi connectivity index (χ4v) is 6.27. The van der Waals surface area contributed by atoms with Gasteiger partial charge in [0.25, 0.3) is 5.91 Å². The van der Waals surface area contributed by atoms with Gasteiger partial charge in [-0.3, -0.25) is 9.59 Å². The van der Waals surface area contributed by atoms with E-state index in [4.69, 9.17) is 0 Å². The van der Waals surface area contributed by atoms with E-state index in [1.165, 1.54) is 0 Å². The predicted octanol–water partition coefficient (Wildman–Crippen LogP) is 5.57. The quantitative estimate of drug-likeness (QED) is 0.362. The Balaban J connectivity index is 1.56. The lowest BCUT2D eigenvalue weighted by atomic mass is 9.90. The molecule has 2 amide bonds. The number of para-hydroxylation sites is 1. The second kappa shape index (κ2) is 10.3. The predicted molar refractivity (Wildman–Crippen MR) is 156 cm³/mol. The van der Waals surface area contributed by atoms with Crippen LogP contribution < -0.4 is 0 Å². The van der Waals surface area contributed by atoms with Gasteiger partial charge in [0.05, 0.1) is 11.7 Å². The summed E-state index contributed by atoms with van der Waals surface area (Å²) < 4.78 is 0. The van der Waals surface area contributed by atoms with E-state index in [0.29, 0.717) is 18.7 Å². The van der Waals surface area contributed by atoms with E-state index in [0.717, 1.165) is 52.8 Å². The summed E-state index contributed by atoms with van der Waals surface area (Å²) in [5.74, 6) is 0.000628. The molecule has 3 aromatic carbocycles. The number of likely N-dealkylation sites (N-methyl/N-ethyl adjacent to an activating group) is 1. The number of amides is 2. The summed E-state index contributed by atoms with van der Waals surface area (Å²) in [5.41, 5.74) is 5.77. The summed E-state index contributed by atoms with van der Waals surface area (Å²) >= 11 is 0. The van der Waals surface area contributed by atoms with Gasteiger partial charge in [0.2, 0.25) is 5.91 Å². The van der Waals surface area contributed by atoms with Crippen molar-refractivity contribution in [2.24, 2.45) is 5.92 Å². The molecule has 1 N–H and O–H groups in total. The van der Waals surface area contributed by atoms with Crippen LogP contribution in [-0.2, 0) is 4.79 Å². The van der Waals surface area contributed by atoms with Gasteiger partial charge >= 0.3 is 0 Å². The number of fused-ring (bicyclic) bond motifs is 2. The van der Waals surface area contributed by atoms with Crippen LogP contribution in [0.25, 0.3) is 22.2 Å². The number of nitrogens with one attached hydrogen (secondary N) is 1. The molecule has 4 aromatic rings. The van der Waals surface area contributed by atoms with Crippen molar-refractivity contribution < 1.29 is 9.59 Å². The van der Waals surface area contributed by atoms with Crippen molar-refractivity contribution in [3.63, 3.8) is 0 Å². The Labute approximate surface area is 230 Å². The van der Waals surface area contributed by atoms with Crippen LogP contribution in [0.5, 0.6) is 0 Å².